The number of hydrogen-bond acceptors (Lipinski definition) is 9. The highest BCUT2D eigenvalue weighted by Gasteiger charge is 2.70. The smallest absolute Gasteiger partial charge is 0.480 e. The van der Waals surface area contributed by atoms with Gasteiger partial charge in [0.2, 0.25) is 11.8 Å². The lowest BCUT2D eigenvalue weighted by Crippen LogP contribution is -2.65. The summed E-state index contributed by atoms with van der Waals surface area (Å²) in [4.78, 5) is 52.8. The van der Waals surface area contributed by atoms with Gasteiger partial charge in [0.05, 0.1) is 41.4 Å². The van der Waals surface area contributed by atoms with E-state index in [2.05, 4.69) is 93.4 Å². The van der Waals surface area contributed by atoms with Gasteiger partial charge in [0, 0.05) is 25.9 Å². The Bertz CT molecular complexity index is 2340. The second-order valence-electron chi connectivity index (χ2n) is 24.2. The van der Waals surface area contributed by atoms with Crippen molar-refractivity contribution in [3.63, 3.8) is 0 Å². The molecule has 0 unspecified atom stereocenters. The Morgan fingerprint density at radius 3 is 1.62 bits per heavy atom. The lowest BCUT2D eigenvalue weighted by atomic mass is 9.43. The molecule has 10 aliphatic rings. The molecule has 392 valence electrons. The summed E-state index contributed by atoms with van der Waals surface area (Å²) in [6, 6.07) is 22.1. The van der Waals surface area contributed by atoms with E-state index in [-0.39, 0.29) is 78.0 Å². The molecule has 3 N–H and O–H groups in total. The number of carbonyl (C=O) groups excluding carboxylic acids is 3. The Balaban J connectivity index is 0.000000177. The molecule has 3 heterocycles. The molecule has 10 fully saturated rings. The van der Waals surface area contributed by atoms with Gasteiger partial charge in [-0.15, -0.1) is 0 Å². The molecule has 0 spiro atoms. The minimum absolute atomic E-state index is 0.0303. The van der Waals surface area contributed by atoms with E-state index in [1.807, 2.05) is 24.3 Å². The molecule has 3 aliphatic heterocycles. The quantitative estimate of drug-likeness (QED) is 0.123. The number of nitrogens with one attached hydrogen (secondary N) is 2. The van der Waals surface area contributed by atoms with Crippen molar-refractivity contribution in [3.8, 4) is 6.07 Å². The van der Waals surface area contributed by atoms with E-state index in [0.717, 1.165) is 43.6 Å². The Kier molecular flexibility index (Phi) is 17.2. The van der Waals surface area contributed by atoms with Crippen LogP contribution >= 0.6 is 0 Å². The van der Waals surface area contributed by atoms with Crippen LogP contribution in [-0.4, -0.2) is 103 Å². The molecule has 12 rings (SSSR count). The van der Waals surface area contributed by atoms with Crippen molar-refractivity contribution < 1.29 is 42.9 Å². The first-order valence-electron chi connectivity index (χ1n) is 27.4. The monoisotopic (exact) mass is 1000 g/mol. The number of piperidine rings is 1. The third-order valence-electron chi connectivity index (χ3n) is 18.9. The van der Waals surface area contributed by atoms with Crippen molar-refractivity contribution in [1.82, 2.24) is 15.5 Å². The normalized spacial score (nSPS) is 31.8. The zero-order valence-electron chi connectivity index (χ0n) is 44.2. The third kappa shape index (κ3) is 12.2. The van der Waals surface area contributed by atoms with Crippen LogP contribution in [-0.2, 0) is 50.6 Å². The van der Waals surface area contributed by atoms with Crippen molar-refractivity contribution in [2.24, 2.45) is 46.3 Å². The first kappa shape index (κ1) is 54.5. The van der Waals surface area contributed by atoms with Gasteiger partial charge in [-0.3, -0.25) is 19.2 Å². The fourth-order valence-corrected chi connectivity index (χ4v) is 14.4. The SMILES string of the molecule is CC1(C)[C@@H]2C[C@H]3OB([C@H](Cc4ccccc4)NC(=O)CC4CCCCC4)O[C@@]3(C)[C@H]1C2.N#CCC(=O)O.[C-]#[N+]CC(=O)N1CCC[C@@H](CC(=O)N[C@@H](Cc2ccccc2)B2O[C@@H]3C[C@@H]4C[C@@H](C4(C)C)[C@]3(C)O2)C1. The number of carboxylic acid groups (broad SMARTS) is 1. The van der Waals surface area contributed by atoms with E-state index in [0.29, 0.717) is 61.4 Å². The molecular weight excluding hydrogens is 920 g/mol. The summed E-state index contributed by atoms with van der Waals surface area (Å²) >= 11 is 0. The van der Waals surface area contributed by atoms with Crippen molar-refractivity contribution in [2.45, 2.75) is 180 Å². The minimum atomic E-state index is -1.07. The van der Waals surface area contributed by atoms with E-state index in [9.17, 15) is 19.2 Å². The molecule has 0 aromatic heterocycles. The zero-order chi connectivity index (χ0) is 52.1. The summed E-state index contributed by atoms with van der Waals surface area (Å²) in [5, 5.41) is 21.9. The molecule has 7 aliphatic carbocycles. The van der Waals surface area contributed by atoms with E-state index in [1.54, 1.807) is 4.90 Å². The van der Waals surface area contributed by atoms with Gasteiger partial charge in [0.1, 0.15) is 6.42 Å². The summed E-state index contributed by atoms with van der Waals surface area (Å²) in [5.74, 6) is 1.51. The minimum Gasteiger partial charge on any atom is -0.480 e. The van der Waals surface area contributed by atoms with Gasteiger partial charge in [-0.05, 0) is 136 Å². The lowest BCUT2D eigenvalue weighted by molar-refractivity contribution is -0.199. The Labute approximate surface area is 434 Å². The molecule has 2 aromatic rings. The second kappa shape index (κ2) is 23.0. The van der Waals surface area contributed by atoms with E-state index >= 15 is 0 Å². The van der Waals surface area contributed by atoms with Crippen LogP contribution in [0.4, 0.5) is 0 Å². The molecule has 4 bridgehead atoms. The number of carbonyl (C=O) groups is 4. The molecule has 73 heavy (non-hydrogen) atoms. The Morgan fingerprint density at radius 1 is 0.726 bits per heavy atom. The van der Waals surface area contributed by atoms with Gasteiger partial charge in [-0.1, -0.05) is 108 Å². The first-order chi connectivity index (χ1) is 34.8. The van der Waals surface area contributed by atoms with E-state index in [4.69, 9.17) is 35.6 Å². The Morgan fingerprint density at radius 2 is 1.19 bits per heavy atom. The molecule has 2 aromatic carbocycles. The molecule has 0 radical (unpaired) electrons. The fraction of sp³-hybridized carbons (Fsp3) is 0.684. The zero-order valence-corrected chi connectivity index (χ0v) is 44.2. The largest absolute Gasteiger partial charge is 0.482 e. The number of likely N-dealkylation sites (tertiary alicyclic amines) is 1. The number of aliphatic carboxylic acids is 1. The molecular formula is C57H79B2N5O9. The number of nitrogens with zero attached hydrogens (tertiary/aromatic N) is 3. The Hall–Kier alpha value is -4.73. The maximum atomic E-state index is 13.3. The topological polar surface area (TPSA) is 181 Å². The average molecular weight is 1000 g/mol. The van der Waals surface area contributed by atoms with Crippen LogP contribution in [0.1, 0.15) is 143 Å². The van der Waals surface area contributed by atoms with Gasteiger partial charge in [0.25, 0.3) is 6.54 Å². The maximum Gasteiger partial charge on any atom is 0.482 e. The van der Waals surface area contributed by atoms with Gasteiger partial charge in [0.15, 0.2) is 0 Å². The van der Waals surface area contributed by atoms with E-state index in [1.165, 1.54) is 56.6 Å². The van der Waals surface area contributed by atoms with Gasteiger partial charge in [-0.25, -0.2) is 6.57 Å². The molecule has 11 atom stereocenters. The highest BCUT2D eigenvalue weighted by atomic mass is 16.7. The third-order valence-corrected chi connectivity index (χ3v) is 18.9. The number of amides is 3. The van der Waals surface area contributed by atoms with Crippen LogP contribution in [0.3, 0.4) is 0 Å². The van der Waals surface area contributed by atoms with Crippen molar-refractivity contribution in [2.75, 3.05) is 19.6 Å². The summed E-state index contributed by atoms with van der Waals surface area (Å²) in [5.41, 5.74) is 2.36. The summed E-state index contributed by atoms with van der Waals surface area (Å²) in [6.07, 6.45) is 14.7. The van der Waals surface area contributed by atoms with Crippen LogP contribution in [0, 0.1) is 64.2 Å². The van der Waals surface area contributed by atoms with E-state index < -0.39 is 19.5 Å². The standard InChI is InChI=1S/C28H38BN3O4.C26H38BNO3.C3H3NO2/c1-27(2)21-15-22(27)28(3)23(16-21)35-29(36-28)24(13-19-9-6-5-7-10-19)31-25(33)14-20-11-8-12-32(18-20)26(34)17-30-4;1-25(2)20-16-21(25)26(3)22(17-20)30-27(31-26)23(14-18-10-6-4-7-11-18)28-24(29)15-19-12-8-5-9-13-19;4-2-1-3(5)6/h5-7,9-10,20-24H,8,11-18H2,1-3H3,(H,31,33);4,6-7,10-11,19-23H,5,8-9,12-17H2,1-3H3,(H,28,29);1H2,(H,5,6)/t20-,21-,22-,23+,24-,28-;20-,21-,22+,23-,26-;/m00./s1. The average Bonchev–Trinajstić information content (AvgIpc) is 3.92. The highest BCUT2D eigenvalue weighted by Crippen LogP contribution is 2.67. The lowest BCUT2D eigenvalue weighted by Gasteiger charge is -2.64. The van der Waals surface area contributed by atoms with Crippen LogP contribution < -0.4 is 10.6 Å². The number of hydrogen-bond donors (Lipinski definition) is 3. The molecule has 7 saturated carbocycles. The molecule has 3 saturated heterocycles. The van der Waals surface area contributed by atoms with Crippen molar-refractivity contribution in [1.29, 1.82) is 5.26 Å². The second-order valence-corrected chi connectivity index (χ2v) is 24.2. The molecule has 16 heteroatoms. The fourth-order valence-electron chi connectivity index (χ4n) is 14.4. The number of benzene rings is 2. The predicted octanol–water partition coefficient (Wildman–Crippen LogP) is 8.47. The highest BCUT2D eigenvalue weighted by molar-refractivity contribution is 6.48. The number of carboxylic acids is 1. The predicted molar refractivity (Wildman–Crippen MR) is 279 cm³/mol. The van der Waals surface area contributed by atoms with Gasteiger partial charge < -0.3 is 44.1 Å². The number of rotatable bonds is 14. The van der Waals surface area contributed by atoms with Crippen LogP contribution in [0.25, 0.3) is 4.85 Å². The summed E-state index contributed by atoms with van der Waals surface area (Å²) in [6.45, 7) is 22.0. The van der Waals surface area contributed by atoms with Crippen LogP contribution in [0.15, 0.2) is 60.7 Å². The van der Waals surface area contributed by atoms with Crippen molar-refractivity contribution >= 4 is 37.9 Å². The van der Waals surface area contributed by atoms with Gasteiger partial charge >= 0.3 is 26.1 Å². The van der Waals surface area contributed by atoms with Gasteiger partial charge in [-0.2, -0.15) is 5.26 Å². The molecule has 3 amide bonds. The first-order valence-corrected chi connectivity index (χ1v) is 27.4. The van der Waals surface area contributed by atoms with Crippen LogP contribution in [0.2, 0.25) is 0 Å². The number of nitriles is 1. The summed E-state index contributed by atoms with van der Waals surface area (Å²) < 4.78 is 26.5. The summed E-state index contributed by atoms with van der Waals surface area (Å²) in [7, 11) is -0.858. The van der Waals surface area contributed by atoms with Crippen LogP contribution in [0.5, 0.6) is 0 Å². The maximum absolute atomic E-state index is 13.3. The molecule has 14 nitrogen and oxygen atoms in total. The van der Waals surface area contributed by atoms with Crippen molar-refractivity contribution in [3.05, 3.63) is 83.2 Å².